The zero-order chi connectivity index (χ0) is 22.9. The van der Waals surface area contributed by atoms with Crippen molar-refractivity contribution < 1.29 is 18.0 Å². The zero-order valence-electron chi connectivity index (χ0n) is 17.2. The molecule has 0 aromatic carbocycles. The van der Waals surface area contributed by atoms with Gasteiger partial charge in [0.25, 0.3) is 5.91 Å². The number of amides is 1. The van der Waals surface area contributed by atoms with Gasteiger partial charge in [0.2, 0.25) is 0 Å². The predicted octanol–water partition coefficient (Wildman–Crippen LogP) is 4.65. The number of carbonyl (C=O) groups excluding carboxylic acids is 1. The van der Waals surface area contributed by atoms with Crippen molar-refractivity contribution in [3.8, 4) is 11.4 Å². The van der Waals surface area contributed by atoms with Crippen LogP contribution in [0.4, 0.5) is 19.0 Å². The van der Waals surface area contributed by atoms with E-state index >= 15 is 0 Å². The van der Waals surface area contributed by atoms with E-state index in [9.17, 15) is 18.0 Å². The van der Waals surface area contributed by atoms with Gasteiger partial charge >= 0.3 is 0 Å². The van der Waals surface area contributed by atoms with Gasteiger partial charge in [0.1, 0.15) is 17.2 Å². The first kappa shape index (κ1) is 21.4. The van der Waals surface area contributed by atoms with Crippen LogP contribution >= 0.6 is 11.3 Å². The summed E-state index contributed by atoms with van der Waals surface area (Å²) in [5.41, 5.74) is 0.712. The van der Waals surface area contributed by atoms with Crippen LogP contribution in [-0.4, -0.2) is 38.2 Å². The van der Waals surface area contributed by atoms with E-state index in [1.54, 1.807) is 11.4 Å². The number of halogens is 3. The summed E-state index contributed by atoms with van der Waals surface area (Å²) in [6.45, 7) is 0. The molecule has 11 heteroatoms. The minimum absolute atomic E-state index is 0.0436. The molecule has 33 heavy (non-hydrogen) atoms. The second-order valence-electron chi connectivity index (χ2n) is 7.96. The zero-order valence-corrected chi connectivity index (χ0v) is 18.1. The van der Waals surface area contributed by atoms with Gasteiger partial charge < -0.3 is 10.6 Å². The lowest BCUT2D eigenvalue weighted by Crippen LogP contribution is -2.41. The van der Waals surface area contributed by atoms with Crippen molar-refractivity contribution in [1.29, 1.82) is 0 Å². The number of hydrogen-bond donors (Lipinski definition) is 3. The smallest absolute Gasteiger partial charge is 0.252 e. The normalized spacial score (nSPS) is 18.4. The quantitative estimate of drug-likeness (QED) is 0.393. The Morgan fingerprint density at radius 2 is 1.97 bits per heavy atom. The highest BCUT2D eigenvalue weighted by atomic mass is 32.1. The van der Waals surface area contributed by atoms with Gasteiger partial charge in [-0.05, 0) is 43.2 Å². The summed E-state index contributed by atoms with van der Waals surface area (Å²) in [6.07, 6.45) is 3.99. The number of fused-ring (bicyclic) bond motifs is 1. The molecule has 4 aromatic rings. The Kier molecular flexibility index (Phi) is 5.71. The monoisotopic (exact) mass is 472 g/mol. The molecule has 1 aliphatic rings. The molecular weight excluding hydrogens is 453 g/mol. The number of thiophene rings is 1. The van der Waals surface area contributed by atoms with Gasteiger partial charge in [0, 0.05) is 29.1 Å². The largest absolute Gasteiger partial charge is 0.365 e. The molecule has 0 spiro atoms. The van der Waals surface area contributed by atoms with E-state index in [-0.39, 0.29) is 46.2 Å². The number of anilines is 1. The lowest BCUT2D eigenvalue weighted by Gasteiger charge is -2.30. The number of aromatic nitrogens is 4. The highest BCUT2D eigenvalue weighted by Gasteiger charge is 2.26. The first-order chi connectivity index (χ1) is 16.0. The van der Waals surface area contributed by atoms with Crippen molar-refractivity contribution in [2.45, 2.75) is 37.8 Å². The number of rotatable bonds is 5. The lowest BCUT2D eigenvalue weighted by atomic mass is 9.90. The van der Waals surface area contributed by atoms with Crippen LogP contribution in [0.2, 0.25) is 0 Å². The molecule has 170 valence electrons. The van der Waals surface area contributed by atoms with Crippen LogP contribution in [0, 0.1) is 17.5 Å². The first-order valence-electron chi connectivity index (χ1n) is 10.4. The lowest BCUT2D eigenvalue weighted by molar-refractivity contribution is 0.0927. The summed E-state index contributed by atoms with van der Waals surface area (Å²) in [7, 11) is 0. The number of hydrogen-bond acceptors (Lipinski definition) is 6. The van der Waals surface area contributed by atoms with Gasteiger partial charge in [-0.2, -0.15) is 16.4 Å². The summed E-state index contributed by atoms with van der Waals surface area (Å²) in [4.78, 5) is 20.4. The summed E-state index contributed by atoms with van der Waals surface area (Å²) in [5, 5.41) is 16.5. The Hall–Kier alpha value is -3.47. The third-order valence-electron chi connectivity index (χ3n) is 5.67. The topological polar surface area (TPSA) is 95.6 Å². The molecule has 2 atom stereocenters. The molecular formula is C22H19F3N6OS. The number of carbonyl (C=O) groups is 1. The third kappa shape index (κ3) is 4.40. The van der Waals surface area contributed by atoms with Crippen molar-refractivity contribution in [1.82, 2.24) is 25.5 Å². The third-order valence-corrected chi connectivity index (χ3v) is 6.35. The molecule has 1 aliphatic carbocycles. The van der Waals surface area contributed by atoms with Crippen molar-refractivity contribution in [2.75, 3.05) is 5.32 Å². The van der Waals surface area contributed by atoms with E-state index in [1.165, 1.54) is 17.4 Å². The maximum Gasteiger partial charge on any atom is 0.252 e. The fraction of sp³-hybridized carbons (Fsp3) is 0.273. The highest BCUT2D eigenvalue weighted by molar-refractivity contribution is 7.08. The van der Waals surface area contributed by atoms with Crippen LogP contribution in [-0.2, 0) is 0 Å². The Bertz CT molecular complexity index is 1310. The fourth-order valence-electron chi connectivity index (χ4n) is 4.10. The molecule has 3 N–H and O–H groups in total. The molecule has 4 aromatic heterocycles. The molecule has 1 saturated carbocycles. The Balaban J connectivity index is 1.36. The van der Waals surface area contributed by atoms with Gasteiger partial charge in [-0.1, -0.05) is 0 Å². The minimum atomic E-state index is -0.916. The van der Waals surface area contributed by atoms with Gasteiger partial charge in [-0.15, -0.1) is 0 Å². The number of pyridine rings is 2. The maximum absolute atomic E-state index is 14.6. The second kappa shape index (κ2) is 8.81. The van der Waals surface area contributed by atoms with E-state index in [1.807, 2.05) is 5.38 Å². The molecule has 7 nitrogen and oxygen atoms in total. The van der Waals surface area contributed by atoms with Gasteiger partial charge in [-0.25, -0.2) is 23.1 Å². The number of nitrogens with zero attached hydrogens (tertiary/aromatic N) is 3. The SMILES string of the molecule is O=C(N[C@@H]1CCC[C@H](Nc2nc(-c3n[nH]c4ncc(F)cc34)c(F)cc2F)C1)c1ccsc1. The van der Waals surface area contributed by atoms with Crippen LogP contribution in [0.3, 0.4) is 0 Å². The molecule has 0 radical (unpaired) electrons. The van der Waals surface area contributed by atoms with Gasteiger partial charge in [0.05, 0.1) is 11.6 Å². The van der Waals surface area contributed by atoms with E-state index in [0.717, 1.165) is 31.5 Å². The van der Waals surface area contributed by atoms with E-state index in [4.69, 9.17) is 0 Å². The molecule has 1 amide bonds. The molecule has 0 saturated heterocycles. The van der Waals surface area contributed by atoms with Crippen LogP contribution in [0.15, 0.2) is 35.2 Å². The predicted molar refractivity (Wildman–Crippen MR) is 118 cm³/mol. The fourth-order valence-corrected chi connectivity index (χ4v) is 4.74. The van der Waals surface area contributed by atoms with Crippen LogP contribution < -0.4 is 10.6 Å². The molecule has 0 bridgehead atoms. The summed E-state index contributed by atoms with van der Waals surface area (Å²) >= 11 is 1.45. The Labute approximate surface area is 190 Å². The molecule has 1 fully saturated rings. The van der Waals surface area contributed by atoms with Gasteiger partial charge in [-0.3, -0.25) is 9.89 Å². The number of H-pyrrole nitrogens is 1. The first-order valence-corrected chi connectivity index (χ1v) is 11.4. The molecule has 5 rings (SSSR count). The van der Waals surface area contributed by atoms with Crippen molar-refractivity contribution in [2.24, 2.45) is 0 Å². The molecule has 0 unspecified atom stereocenters. The Morgan fingerprint density at radius 1 is 1.12 bits per heavy atom. The highest BCUT2D eigenvalue weighted by Crippen LogP contribution is 2.30. The van der Waals surface area contributed by atoms with Crippen LogP contribution in [0.1, 0.15) is 36.0 Å². The van der Waals surface area contributed by atoms with Crippen molar-refractivity contribution in [3.05, 3.63) is 58.2 Å². The summed E-state index contributed by atoms with van der Waals surface area (Å²) in [6, 6.07) is 3.42. The number of aromatic amines is 1. The van der Waals surface area contributed by atoms with Crippen LogP contribution in [0.25, 0.3) is 22.4 Å². The summed E-state index contributed by atoms with van der Waals surface area (Å²) in [5.74, 6) is -2.63. The number of nitrogens with one attached hydrogen (secondary N) is 3. The van der Waals surface area contributed by atoms with Crippen molar-refractivity contribution in [3.63, 3.8) is 0 Å². The summed E-state index contributed by atoms with van der Waals surface area (Å²) < 4.78 is 42.8. The van der Waals surface area contributed by atoms with Crippen molar-refractivity contribution >= 4 is 34.1 Å². The van der Waals surface area contributed by atoms with E-state index < -0.39 is 17.5 Å². The average molecular weight is 472 g/mol. The maximum atomic E-state index is 14.6. The van der Waals surface area contributed by atoms with E-state index in [2.05, 4.69) is 30.8 Å². The molecule has 4 heterocycles. The van der Waals surface area contributed by atoms with Crippen LogP contribution in [0.5, 0.6) is 0 Å². The minimum Gasteiger partial charge on any atom is -0.365 e. The molecule has 0 aliphatic heterocycles. The standard InChI is InChI=1S/C22H19F3N6OS/c23-12-6-15-18(30-31-20(15)26-9-12)19-16(24)8-17(25)21(29-19)27-13-2-1-3-14(7-13)28-22(32)11-4-5-33-10-11/h4-6,8-10,13-14H,1-3,7H2,(H,27,29)(H,28,32)(H,26,30,31)/t13-,14+/m0/s1. The Morgan fingerprint density at radius 3 is 2.79 bits per heavy atom. The van der Waals surface area contributed by atoms with Gasteiger partial charge in [0.15, 0.2) is 23.1 Å². The average Bonchev–Trinajstić information content (AvgIpc) is 3.46. The van der Waals surface area contributed by atoms with E-state index in [0.29, 0.717) is 12.0 Å². The second-order valence-corrected chi connectivity index (χ2v) is 8.74.